The van der Waals surface area contributed by atoms with Crippen molar-refractivity contribution in [2.45, 2.75) is 27.7 Å². The Balaban J connectivity index is 1.83. The zero-order valence-corrected chi connectivity index (χ0v) is 18.5. The van der Waals surface area contributed by atoms with Crippen molar-refractivity contribution in [3.8, 4) is 5.69 Å². The second-order valence-electron chi connectivity index (χ2n) is 7.52. The molecule has 0 saturated heterocycles. The predicted octanol–water partition coefficient (Wildman–Crippen LogP) is 5.76. The first-order valence-corrected chi connectivity index (χ1v) is 10.3. The standard InChI is InChI=1S/C25H32N4/c1-7-28(8-2)24-11-9-22(10-12-24)26-18-21-17-19(3)29(20(21)4)25-15-13-23(14-16-25)27(5)6/h9-18H,7-8H2,1-6H3. The molecule has 0 aliphatic heterocycles. The number of benzene rings is 2. The number of nitrogens with zero attached hydrogens (tertiary/aromatic N) is 4. The molecule has 0 radical (unpaired) electrons. The first-order chi connectivity index (χ1) is 13.9. The van der Waals surface area contributed by atoms with Crippen LogP contribution in [0.3, 0.4) is 0 Å². The van der Waals surface area contributed by atoms with E-state index < -0.39 is 0 Å². The summed E-state index contributed by atoms with van der Waals surface area (Å²) in [6, 6.07) is 19.3. The molecular weight excluding hydrogens is 356 g/mol. The molecule has 0 aliphatic carbocycles. The maximum Gasteiger partial charge on any atom is 0.0631 e. The smallest absolute Gasteiger partial charge is 0.0631 e. The van der Waals surface area contributed by atoms with E-state index >= 15 is 0 Å². The Kier molecular flexibility index (Phi) is 6.42. The maximum absolute atomic E-state index is 4.71. The van der Waals surface area contributed by atoms with Crippen molar-refractivity contribution < 1.29 is 0 Å². The van der Waals surface area contributed by atoms with Crippen LogP contribution in [0.5, 0.6) is 0 Å². The number of anilines is 2. The molecule has 29 heavy (non-hydrogen) atoms. The number of aliphatic imine (C=N–C) groups is 1. The Bertz CT molecular complexity index is 959. The molecule has 3 aromatic rings. The van der Waals surface area contributed by atoms with Crippen molar-refractivity contribution >= 4 is 23.3 Å². The SMILES string of the molecule is CCN(CC)c1ccc(N=Cc2cc(C)n(-c3ccc(N(C)C)cc3)c2C)cc1. The second kappa shape index (κ2) is 8.99. The minimum Gasteiger partial charge on any atom is -0.378 e. The molecule has 3 rings (SSSR count). The molecule has 0 unspecified atom stereocenters. The van der Waals surface area contributed by atoms with Crippen molar-refractivity contribution in [1.82, 2.24) is 4.57 Å². The lowest BCUT2D eigenvalue weighted by atomic mass is 10.2. The zero-order valence-electron chi connectivity index (χ0n) is 18.5. The summed E-state index contributed by atoms with van der Waals surface area (Å²) in [6.45, 7) is 10.7. The molecule has 0 saturated carbocycles. The lowest BCUT2D eigenvalue weighted by molar-refractivity contribution is 0.866. The van der Waals surface area contributed by atoms with Crippen LogP contribution in [0.4, 0.5) is 17.1 Å². The van der Waals surface area contributed by atoms with Gasteiger partial charge in [-0.3, -0.25) is 4.99 Å². The Morgan fingerprint density at radius 3 is 2.00 bits per heavy atom. The van der Waals surface area contributed by atoms with E-state index in [0.717, 1.165) is 24.3 Å². The van der Waals surface area contributed by atoms with E-state index in [0.29, 0.717) is 0 Å². The van der Waals surface area contributed by atoms with Crippen molar-refractivity contribution in [1.29, 1.82) is 0 Å². The van der Waals surface area contributed by atoms with Crippen molar-refractivity contribution in [2.75, 3.05) is 37.0 Å². The Morgan fingerprint density at radius 2 is 1.45 bits per heavy atom. The summed E-state index contributed by atoms with van der Waals surface area (Å²) in [5, 5.41) is 0. The van der Waals surface area contributed by atoms with Crippen molar-refractivity contribution in [3.63, 3.8) is 0 Å². The first-order valence-electron chi connectivity index (χ1n) is 10.3. The van der Waals surface area contributed by atoms with Crippen LogP contribution < -0.4 is 9.80 Å². The van der Waals surface area contributed by atoms with E-state index in [1.54, 1.807) is 0 Å². The van der Waals surface area contributed by atoms with E-state index in [1.165, 1.54) is 28.5 Å². The number of rotatable bonds is 7. The highest BCUT2D eigenvalue weighted by atomic mass is 15.1. The van der Waals surface area contributed by atoms with Gasteiger partial charge in [0.15, 0.2) is 0 Å². The first kappa shape index (κ1) is 20.7. The highest BCUT2D eigenvalue weighted by Gasteiger charge is 2.10. The van der Waals surface area contributed by atoms with Crippen LogP contribution in [-0.4, -0.2) is 38.0 Å². The third-order valence-electron chi connectivity index (χ3n) is 5.43. The van der Waals surface area contributed by atoms with Crippen molar-refractivity contribution in [3.05, 3.63) is 71.5 Å². The molecule has 4 heteroatoms. The van der Waals surface area contributed by atoms with Gasteiger partial charge >= 0.3 is 0 Å². The Hall–Kier alpha value is -3.01. The van der Waals surface area contributed by atoms with Crippen LogP contribution in [0.25, 0.3) is 5.69 Å². The van der Waals surface area contributed by atoms with Crippen LogP contribution in [0.15, 0.2) is 59.6 Å². The Morgan fingerprint density at radius 1 is 0.862 bits per heavy atom. The molecule has 0 bridgehead atoms. The molecule has 0 amide bonds. The van der Waals surface area contributed by atoms with Gasteiger partial charge in [-0.1, -0.05) is 0 Å². The summed E-state index contributed by atoms with van der Waals surface area (Å²) < 4.78 is 2.28. The summed E-state index contributed by atoms with van der Waals surface area (Å²) in [4.78, 5) is 9.16. The van der Waals surface area contributed by atoms with E-state index in [2.05, 4.69) is 111 Å². The molecule has 0 spiro atoms. The third kappa shape index (κ3) is 4.53. The van der Waals surface area contributed by atoms with E-state index in [1.807, 2.05) is 6.21 Å². The van der Waals surface area contributed by atoms with Gasteiger partial charge in [-0.2, -0.15) is 0 Å². The summed E-state index contributed by atoms with van der Waals surface area (Å²) in [6.07, 6.45) is 1.97. The molecule has 152 valence electrons. The summed E-state index contributed by atoms with van der Waals surface area (Å²) in [5.74, 6) is 0. The van der Waals surface area contributed by atoms with Gasteiger partial charge in [-0.25, -0.2) is 0 Å². The maximum atomic E-state index is 4.71. The second-order valence-corrected chi connectivity index (χ2v) is 7.52. The number of aromatic nitrogens is 1. The number of hydrogen-bond acceptors (Lipinski definition) is 3. The van der Waals surface area contributed by atoms with E-state index in [9.17, 15) is 0 Å². The number of aryl methyl sites for hydroxylation is 1. The number of hydrogen-bond donors (Lipinski definition) is 0. The van der Waals surface area contributed by atoms with Gasteiger partial charge in [0.25, 0.3) is 0 Å². The Labute approximate surface area is 175 Å². The van der Waals surface area contributed by atoms with Gasteiger partial charge in [-0.05, 0) is 82.3 Å². The van der Waals surface area contributed by atoms with E-state index in [-0.39, 0.29) is 0 Å². The van der Waals surface area contributed by atoms with Crippen LogP contribution in [0, 0.1) is 13.8 Å². The van der Waals surface area contributed by atoms with Crippen LogP contribution in [-0.2, 0) is 0 Å². The molecule has 1 heterocycles. The molecule has 0 fully saturated rings. The molecule has 1 aromatic heterocycles. The average molecular weight is 389 g/mol. The molecular formula is C25H32N4. The quantitative estimate of drug-likeness (QED) is 0.481. The monoisotopic (exact) mass is 388 g/mol. The predicted molar refractivity (Wildman–Crippen MR) is 127 cm³/mol. The topological polar surface area (TPSA) is 23.8 Å². The van der Waals surface area contributed by atoms with Gasteiger partial charge in [0.1, 0.15) is 0 Å². The lowest BCUT2D eigenvalue weighted by Crippen LogP contribution is -2.21. The molecule has 0 atom stereocenters. The van der Waals surface area contributed by atoms with E-state index in [4.69, 9.17) is 4.99 Å². The van der Waals surface area contributed by atoms with Gasteiger partial charge in [0.05, 0.1) is 5.69 Å². The summed E-state index contributed by atoms with van der Waals surface area (Å²) >= 11 is 0. The largest absolute Gasteiger partial charge is 0.378 e. The third-order valence-corrected chi connectivity index (χ3v) is 5.43. The fourth-order valence-corrected chi connectivity index (χ4v) is 3.70. The fourth-order valence-electron chi connectivity index (χ4n) is 3.70. The normalized spacial score (nSPS) is 11.2. The molecule has 2 aromatic carbocycles. The highest BCUT2D eigenvalue weighted by Crippen LogP contribution is 2.23. The van der Waals surface area contributed by atoms with Gasteiger partial charge in [-0.15, -0.1) is 0 Å². The average Bonchev–Trinajstić information content (AvgIpc) is 3.01. The minimum absolute atomic E-state index is 0.973. The van der Waals surface area contributed by atoms with Gasteiger partial charge < -0.3 is 14.4 Å². The van der Waals surface area contributed by atoms with Crippen molar-refractivity contribution in [2.24, 2.45) is 4.99 Å². The molecule has 4 nitrogen and oxygen atoms in total. The molecule has 0 N–H and O–H groups in total. The summed E-state index contributed by atoms with van der Waals surface area (Å²) in [7, 11) is 4.12. The van der Waals surface area contributed by atoms with Crippen LogP contribution in [0.1, 0.15) is 30.8 Å². The van der Waals surface area contributed by atoms with Crippen LogP contribution >= 0.6 is 0 Å². The van der Waals surface area contributed by atoms with Gasteiger partial charge in [0.2, 0.25) is 0 Å². The molecule has 0 aliphatic rings. The summed E-state index contributed by atoms with van der Waals surface area (Å²) in [5.41, 5.74) is 8.14. The zero-order chi connectivity index (χ0) is 21.0. The lowest BCUT2D eigenvalue weighted by Gasteiger charge is -2.20. The highest BCUT2D eigenvalue weighted by molar-refractivity contribution is 5.84. The van der Waals surface area contributed by atoms with Crippen LogP contribution in [0.2, 0.25) is 0 Å². The fraction of sp³-hybridized carbons (Fsp3) is 0.320. The van der Waals surface area contributed by atoms with Gasteiger partial charge in [0, 0.05) is 67.4 Å². The minimum atomic E-state index is 0.973.